The second-order valence-electron chi connectivity index (χ2n) is 4.45. The highest BCUT2D eigenvalue weighted by molar-refractivity contribution is 9.10. The molecule has 1 nitrogen and oxygen atoms in total. The van der Waals surface area contributed by atoms with Crippen molar-refractivity contribution in [3.05, 3.63) is 49.6 Å². The zero-order valence-corrected chi connectivity index (χ0v) is 14.7. The predicted molar refractivity (Wildman–Crippen MR) is 88.0 cm³/mol. The van der Waals surface area contributed by atoms with Crippen molar-refractivity contribution in [3.8, 4) is 5.75 Å². The van der Waals surface area contributed by atoms with E-state index >= 15 is 0 Å². The molecule has 5 heteroatoms. The average molecular weight is 423 g/mol. The van der Waals surface area contributed by atoms with Gasteiger partial charge in [-0.3, -0.25) is 0 Å². The molecule has 0 amide bonds. The van der Waals surface area contributed by atoms with Crippen molar-refractivity contribution in [2.45, 2.75) is 17.2 Å². The van der Waals surface area contributed by atoms with Gasteiger partial charge in [0.2, 0.25) is 0 Å². The second kappa shape index (κ2) is 5.76. The molecule has 2 atom stereocenters. The highest BCUT2D eigenvalue weighted by Crippen LogP contribution is 2.49. The van der Waals surface area contributed by atoms with Crippen molar-refractivity contribution in [2.24, 2.45) is 0 Å². The first-order valence-corrected chi connectivity index (χ1v) is 8.87. The number of benzene rings is 1. The summed E-state index contributed by atoms with van der Waals surface area (Å²) in [6.07, 6.45) is 1.01. The fourth-order valence-corrected chi connectivity index (χ4v) is 5.11. The lowest BCUT2D eigenvalue weighted by atomic mass is 9.90. The van der Waals surface area contributed by atoms with E-state index < -0.39 is 0 Å². The van der Waals surface area contributed by atoms with E-state index in [1.165, 1.54) is 10.4 Å². The van der Waals surface area contributed by atoms with Gasteiger partial charge in [0.05, 0.1) is 11.4 Å². The summed E-state index contributed by atoms with van der Waals surface area (Å²) in [5, 5.41) is 0. The number of hydrogen-bond acceptors (Lipinski definition) is 2. The van der Waals surface area contributed by atoms with Crippen LogP contribution in [0, 0.1) is 0 Å². The number of ether oxygens (including phenoxy) is 1. The molecule has 0 radical (unpaired) electrons. The average Bonchev–Trinajstić information content (AvgIpc) is 2.77. The topological polar surface area (TPSA) is 9.23 Å². The normalized spacial score (nSPS) is 19.6. The van der Waals surface area contributed by atoms with E-state index in [-0.39, 0.29) is 4.83 Å². The molecule has 2 aromatic rings. The quantitative estimate of drug-likeness (QED) is 0.526. The Morgan fingerprint density at radius 1 is 1.37 bits per heavy atom. The van der Waals surface area contributed by atoms with Crippen LogP contribution in [0.2, 0.25) is 4.34 Å². The molecular weight excluding hydrogens is 411 g/mol. The smallest absolute Gasteiger partial charge is 0.122 e. The third-order valence-electron chi connectivity index (χ3n) is 3.29. The summed E-state index contributed by atoms with van der Waals surface area (Å²) in [6.45, 7) is 0.768. The van der Waals surface area contributed by atoms with Gasteiger partial charge in [0.25, 0.3) is 0 Å². The van der Waals surface area contributed by atoms with E-state index in [2.05, 4.69) is 50.1 Å². The minimum atomic E-state index is 0.270. The lowest BCUT2D eigenvalue weighted by Crippen LogP contribution is -2.17. The molecule has 2 heterocycles. The Morgan fingerprint density at radius 3 is 2.89 bits per heavy atom. The standard InChI is InChI=1S/C14H11Br2ClOS/c15-10-7-12(19-14(10)17)13(16)9-5-6-18-11-4-2-1-3-8(9)11/h1-4,7,9,13H,5-6H2. The SMILES string of the molecule is Clc1sc(C(Br)C2CCOc3ccccc32)cc1Br. The third-order valence-corrected chi connectivity index (χ3v) is 7.29. The highest BCUT2D eigenvalue weighted by Gasteiger charge is 2.29. The Hall–Kier alpha value is -0.0300. The number of hydrogen-bond donors (Lipinski definition) is 0. The Labute approximate surface area is 138 Å². The molecule has 1 aliphatic rings. The van der Waals surface area contributed by atoms with E-state index in [4.69, 9.17) is 16.3 Å². The van der Waals surface area contributed by atoms with Gasteiger partial charge in [-0.05, 0) is 40.0 Å². The van der Waals surface area contributed by atoms with Crippen LogP contribution in [0.25, 0.3) is 0 Å². The van der Waals surface area contributed by atoms with Crippen molar-refractivity contribution in [3.63, 3.8) is 0 Å². The molecule has 3 rings (SSSR count). The molecule has 100 valence electrons. The number of halogens is 3. The molecule has 1 aromatic carbocycles. The van der Waals surface area contributed by atoms with Gasteiger partial charge in [-0.2, -0.15) is 0 Å². The van der Waals surface area contributed by atoms with Crippen molar-refractivity contribution >= 4 is 54.8 Å². The molecule has 0 saturated carbocycles. The number of fused-ring (bicyclic) bond motifs is 1. The van der Waals surface area contributed by atoms with Gasteiger partial charge in [0, 0.05) is 15.3 Å². The van der Waals surface area contributed by atoms with Gasteiger partial charge in [-0.1, -0.05) is 45.7 Å². The van der Waals surface area contributed by atoms with Crippen LogP contribution in [0.1, 0.15) is 27.6 Å². The second-order valence-corrected chi connectivity index (χ2v) is 7.98. The van der Waals surface area contributed by atoms with Crippen LogP contribution in [-0.2, 0) is 0 Å². The molecule has 2 unspecified atom stereocenters. The van der Waals surface area contributed by atoms with Gasteiger partial charge in [-0.15, -0.1) is 11.3 Å². The summed E-state index contributed by atoms with van der Waals surface area (Å²) in [5.41, 5.74) is 1.27. The Kier molecular flexibility index (Phi) is 4.22. The Bertz CT molecular complexity index is 579. The summed E-state index contributed by atoms with van der Waals surface area (Å²) in [5.74, 6) is 1.43. The molecule has 0 aliphatic carbocycles. The first kappa shape index (κ1) is 13.9. The molecule has 0 bridgehead atoms. The van der Waals surface area contributed by atoms with Crippen LogP contribution in [-0.4, -0.2) is 6.61 Å². The number of para-hydroxylation sites is 1. The fourth-order valence-electron chi connectivity index (χ4n) is 2.37. The highest BCUT2D eigenvalue weighted by atomic mass is 79.9. The number of thiophene rings is 1. The van der Waals surface area contributed by atoms with Crippen LogP contribution in [0.4, 0.5) is 0 Å². The monoisotopic (exact) mass is 420 g/mol. The lowest BCUT2D eigenvalue weighted by Gasteiger charge is -2.28. The molecular formula is C14H11Br2ClOS. The Morgan fingerprint density at radius 2 is 2.16 bits per heavy atom. The number of alkyl halides is 1. The number of rotatable bonds is 2. The Balaban J connectivity index is 1.95. The zero-order chi connectivity index (χ0) is 13.4. The van der Waals surface area contributed by atoms with E-state index in [0.717, 1.165) is 27.6 Å². The molecule has 0 fully saturated rings. The van der Waals surface area contributed by atoms with E-state index in [1.54, 1.807) is 11.3 Å². The molecule has 0 spiro atoms. The molecule has 1 aromatic heterocycles. The maximum Gasteiger partial charge on any atom is 0.122 e. The lowest BCUT2D eigenvalue weighted by molar-refractivity contribution is 0.266. The first-order valence-electron chi connectivity index (χ1n) is 5.97. The molecule has 0 saturated heterocycles. The van der Waals surface area contributed by atoms with Gasteiger partial charge in [0.15, 0.2) is 0 Å². The van der Waals surface area contributed by atoms with Crippen LogP contribution >= 0.6 is 54.8 Å². The maximum atomic E-state index is 6.14. The molecule has 0 N–H and O–H groups in total. The van der Waals surface area contributed by atoms with Gasteiger partial charge in [-0.25, -0.2) is 0 Å². The van der Waals surface area contributed by atoms with Crippen molar-refractivity contribution in [2.75, 3.05) is 6.61 Å². The third kappa shape index (κ3) is 2.73. The van der Waals surface area contributed by atoms with Gasteiger partial charge >= 0.3 is 0 Å². The summed E-state index contributed by atoms with van der Waals surface area (Å²) in [4.78, 5) is 1.52. The zero-order valence-electron chi connectivity index (χ0n) is 9.91. The van der Waals surface area contributed by atoms with Crippen LogP contribution in [0.3, 0.4) is 0 Å². The predicted octanol–water partition coefficient (Wildman–Crippen LogP) is 6.17. The minimum Gasteiger partial charge on any atom is -0.493 e. The summed E-state index contributed by atoms with van der Waals surface area (Å²) < 4.78 is 7.49. The van der Waals surface area contributed by atoms with Crippen LogP contribution in [0.5, 0.6) is 5.75 Å². The first-order chi connectivity index (χ1) is 9.16. The van der Waals surface area contributed by atoms with Crippen molar-refractivity contribution in [1.29, 1.82) is 0 Å². The minimum absolute atomic E-state index is 0.270. The summed E-state index contributed by atoms with van der Waals surface area (Å²) in [7, 11) is 0. The summed E-state index contributed by atoms with van der Waals surface area (Å²) >= 11 is 15.1. The largest absolute Gasteiger partial charge is 0.493 e. The fraction of sp³-hybridized carbons (Fsp3) is 0.286. The van der Waals surface area contributed by atoms with Gasteiger partial charge in [0.1, 0.15) is 10.1 Å². The van der Waals surface area contributed by atoms with Gasteiger partial charge < -0.3 is 4.74 Å². The maximum absolute atomic E-state index is 6.14. The van der Waals surface area contributed by atoms with E-state index in [9.17, 15) is 0 Å². The summed E-state index contributed by atoms with van der Waals surface area (Å²) in [6, 6.07) is 10.4. The van der Waals surface area contributed by atoms with Crippen molar-refractivity contribution in [1.82, 2.24) is 0 Å². The molecule has 19 heavy (non-hydrogen) atoms. The van der Waals surface area contributed by atoms with E-state index in [0.29, 0.717) is 5.92 Å². The van der Waals surface area contributed by atoms with Crippen LogP contribution < -0.4 is 4.74 Å². The van der Waals surface area contributed by atoms with Crippen molar-refractivity contribution < 1.29 is 4.74 Å². The molecule has 1 aliphatic heterocycles. The van der Waals surface area contributed by atoms with Crippen LogP contribution in [0.15, 0.2) is 34.8 Å². The van der Waals surface area contributed by atoms with E-state index in [1.807, 2.05) is 12.1 Å².